The minimum Gasteiger partial charge on any atom is -0.480 e. The van der Waals surface area contributed by atoms with Gasteiger partial charge in [-0.15, -0.1) is 5.10 Å². The summed E-state index contributed by atoms with van der Waals surface area (Å²) in [4.78, 5) is 13.6. The van der Waals surface area contributed by atoms with Crippen LogP contribution in [0.5, 0.6) is 0 Å². The van der Waals surface area contributed by atoms with Crippen LogP contribution in [0.4, 0.5) is 0 Å². The number of ether oxygens (including phenoxy) is 1. The number of methoxy groups -OCH3 is 1. The third-order valence-corrected chi connectivity index (χ3v) is 3.84. The average molecular weight is 282 g/mol. The zero-order valence-corrected chi connectivity index (χ0v) is 12.2. The Morgan fingerprint density at radius 3 is 2.90 bits per heavy atom. The number of hydrogen-bond donors (Lipinski definition) is 1. The van der Waals surface area contributed by atoms with Crippen LogP contribution in [0.2, 0.25) is 0 Å². The van der Waals surface area contributed by atoms with Gasteiger partial charge in [0.15, 0.2) is 0 Å². The van der Waals surface area contributed by atoms with Crippen LogP contribution in [-0.4, -0.2) is 56.8 Å². The van der Waals surface area contributed by atoms with Crippen molar-refractivity contribution in [2.45, 2.75) is 44.8 Å². The Morgan fingerprint density at radius 1 is 1.60 bits per heavy atom. The molecule has 0 radical (unpaired) electrons. The molecule has 20 heavy (non-hydrogen) atoms. The maximum Gasteiger partial charge on any atom is 0.326 e. The molecule has 1 saturated heterocycles. The zero-order valence-electron chi connectivity index (χ0n) is 12.2. The first kappa shape index (κ1) is 14.9. The standard InChI is InChI=1S/C13H22N4O3/c1-10(2)17-8-11(14-15-17)7-16-6-4-5-13(16,9-20-3)12(18)19/h8,10H,4-7,9H2,1-3H3,(H,18,19). The highest BCUT2D eigenvalue weighted by Gasteiger charge is 2.48. The first-order valence-electron chi connectivity index (χ1n) is 6.87. The fourth-order valence-electron chi connectivity index (χ4n) is 2.70. The smallest absolute Gasteiger partial charge is 0.326 e. The number of nitrogens with zero attached hydrogens (tertiary/aromatic N) is 4. The van der Waals surface area contributed by atoms with Crippen molar-refractivity contribution < 1.29 is 14.6 Å². The topological polar surface area (TPSA) is 80.5 Å². The number of likely N-dealkylation sites (tertiary alicyclic amines) is 1. The molecule has 1 N–H and O–H groups in total. The molecule has 0 saturated carbocycles. The molecule has 0 aromatic carbocycles. The van der Waals surface area contributed by atoms with E-state index in [1.807, 2.05) is 24.9 Å². The van der Waals surface area contributed by atoms with Gasteiger partial charge in [-0.05, 0) is 33.2 Å². The Morgan fingerprint density at radius 2 is 2.35 bits per heavy atom. The second kappa shape index (κ2) is 5.88. The van der Waals surface area contributed by atoms with Gasteiger partial charge in [-0.1, -0.05) is 5.21 Å². The molecule has 2 rings (SSSR count). The first-order chi connectivity index (χ1) is 9.49. The molecule has 1 atom stereocenters. The van der Waals surface area contributed by atoms with Gasteiger partial charge in [-0.2, -0.15) is 0 Å². The summed E-state index contributed by atoms with van der Waals surface area (Å²) in [6.07, 6.45) is 3.34. The van der Waals surface area contributed by atoms with Gasteiger partial charge in [0.1, 0.15) is 5.54 Å². The highest BCUT2D eigenvalue weighted by molar-refractivity contribution is 5.79. The van der Waals surface area contributed by atoms with E-state index in [4.69, 9.17) is 4.74 Å². The summed E-state index contributed by atoms with van der Waals surface area (Å²) in [6.45, 7) is 5.48. The fourth-order valence-corrected chi connectivity index (χ4v) is 2.70. The van der Waals surface area contributed by atoms with E-state index < -0.39 is 11.5 Å². The molecule has 0 amide bonds. The number of carbonyl (C=O) groups is 1. The van der Waals surface area contributed by atoms with Gasteiger partial charge in [0.25, 0.3) is 0 Å². The Balaban J connectivity index is 2.15. The number of hydrogen-bond acceptors (Lipinski definition) is 5. The van der Waals surface area contributed by atoms with Crippen molar-refractivity contribution in [3.8, 4) is 0 Å². The van der Waals surface area contributed by atoms with Crippen molar-refractivity contribution >= 4 is 5.97 Å². The number of carboxylic acids is 1. The molecule has 1 aromatic heterocycles. The van der Waals surface area contributed by atoms with Gasteiger partial charge in [0.2, 0.25) is 0 Å². The van der Waals surface area contributed by atoms with Crippen LogP contribution < -0.4 is 0 Å². The highest BCUT2D eigenvalue weighted by atomic mass is 16.5. The summed E-state index contributed by atoms with van der Waals surface area (Å²) in [5.74, 6) is -0.826. The quantitative estimate of drug-likeness (QED) is 0.836. The third kappa shape index (κ3) is 2.69. The van der Waals surface area contributed by atoms with Crippen LogP contribution in [0.15, 0.2) is 6.20 Å². The van der Waals surface area contributed by atoms with Crippen molar-refractivity contribution in [3.63, 3.8) is 0 Å². The van der Waals surface area contributed by atoms with E-state index in [0.717, 1.165) is 18.7 Å². The van der Waals surface area contributed by atoms with Crippen LogP contribution in [0.3, 0.4) is 0 Å². The number of aromatic nitrogens is 3. The molecular formula is C13H22N4O3. The minimum atomic E-state index is -0.934. The lowest BCUT2D eigenvalue weighted by Gasteiger charge is -2.33. The van der Waals surface area contributed by atoms with Crippen LogP contribution >= 0.6 is 0 Å². The lowest BCUT2D eigenvalue weighted by Crippen LogP contribution is -2.53. The van der Waals surface area contributed by atoms with Gasteiger partial charge in [0.05, 0.1) is 18.5 Å². The number of aliphatic carboxylic acids is 1. The average Bonchev–Trinajstić information content (AvgIpc) is 2.99. The van der Waals surface area contributed by atoms with Crippen molar-refractivity contribution in [1.82, 2.24) is 19.9 Å². The molecule has 1 aliphatic rings. The predicted octanol–water partition coefficient (Wildman–Crippen LogP) is 0.925. The second-order valence-electron chi connectivity index (χ2n) is 5.58. The van der Waals surface area contributed by atoms with Crippen LogP contribution in [-0.2, 0) is 16.1 Å². The van der Waals surface area contributed by atoms with E-state index in [1.54, 1.807) is 4.68 Å². The summed E-state index contributed by atoms with van der Waals surface area (Å²) in [7, 11) is 1.54. The Labute approximate surface area is 118 Å². The summed E-state index contributed by atoms with van der Waals surface area (Å²) in [5.41, 5.74) is -0.140. The van der Waals surface area contributed by atoms with Gasteiger partial charge >= 0.3 is 5.97 Å². The number of rotatable bonds is 6. The first-order valence-corrected chi connectivity index (χ1v) is 6.87. The minimum absolute atomic E-state index is 0.195. The van der Waals surface area contributed by atoms with Gasteiger partial charge in [-0.25, -0.2) is 4.68 Å². The highest BCUT2D eigenvalue weighted by Crippen LogP contribution is 2.31. The molecule has 1 aromatic rings. The predicted molar refractivity (Wildman–Crippen MR) is 72.3 cm³/mol. The van der Waals surface area contributed by atoms with Crippen molar-refractivity contribution in [3.05, 3.63) is 11.9 Å². The van der Waals surface area contributed by atoms with Gasteiger partial charge in [0, 0.05) is 19.7 Å². The second-order valence-corrected chi connectivity index (χ2v) is 5.58. The van der Waals surface area contributed by atoms with Crippen LogP contribution in [0, 0.1) is 0 Å². The molecule has 1 aliphatic heterocycles. The van der Waals surface area contributed by atoms with Gasteiger partial charge < -0.3 is 9.84 Å². The van der Waals surface area contributed by atoms with Crippen molar-refractivity contribution in [2.24, 2.45) is 0 Å². The monoisotopic (exact) mass is 282 g/mol. The molecule has 0 bridgehead atoms. The Bertz CT molecular complexity index is 474. The van der Waals surface area contributed by atoms with E-state index in [9.17, 15) is 9.90 Å². The molecule has 1 fully saturated rings. The largest absolute Gasteiger partial charge is 0.480 e. The van der Waals surface area contributed by atoms with Crippen LogP contribution in [0.1, 0.15) is 38.4 Å². The SMILES string of the molecule is COCC1(C(=O)O)CCCN1Cc1cn(C(C)C)nn1. The molecule has 2 heterocycles. The normalized spacial score (nSPS) is 23.6. The van der Waals surface area contributed by atoms with E-state index in [0.29, 0.717) is 13.0 Å². The lowest BCUT2D eigenvalue weighted by molar-refractivity contribution is -0.153. The molecular weight excluding hydrogens is 260 g/mol. The van der Waals surface area contributed by atoms with E-state index in [2.05, 4.69) is 10.3 Å². The lowest BCUT2D eigenvalue weighted by atomic mass is 9.97. The Kier molecular flexibility index (Phi) is 4.39. The maximum absolute atomic E-state index is 11.7. The summed E-state index contributed by atoms with van der Waals surface area (Å²) in [6, 6.07) is 0.248. The third-order valence-electron chi connectivity index (χ3n) is 3.84. The molecule has 0 spiro atoms. The summed E-state index contributed by atoms with van der Waals surface area (Å²) in [5, 5.41) is 17.8. The molecule has 112 valence electrons. The van der Waals surface area contributed by atoms with Crippen molar-refractivity contribution in [1.29, 1.82) is 0 Å². The van der Waals surface area contributed by atoms with Crippen molar-refractivity contribution in [2.75, 3.05) is 20.3 Å². The van der Waals surface area contributed by atoms with Gasteiger partial charge in [-0.3, -0.25) is 9.69 Å². The van der Waals surface area contributed by atoms with E-state index in [1.165, 1.54) is 7.11 Å². The summed E-state index contributed by atoms with van der Waals surface area (Å²) < 4.78 is 6.92. The maximum atomic E-state index is 11.7. The van der Waals surface area contributed by atoms with Crippen LogP contribution in [0.25, 0.3) is 0 Å². The fraction of sp³-hybridized carbons (Fsp3) is 0.769. The molecule has 7 heteroatoms. The molecule has 0 aliphatic carbocycles. The zero-order chi connectivity index (χ0) is 14.8. The number of carboxylic acid groups (broad SMARTS) is 1. The Hall–Kier alpha value is -1.47. The molecule has 7 nitrogen and oxygen atoms in total. The molecule has 1 unspecified atom stereocenters. The summed E-state index contributed by atoms with van der Waals surface area (Å²) >= 11 is 0. The van der Waals surface area contributed by atoms with E-state index >= 15 is 0 Å². The van der Waals surface area contributed by atoms with E-state index in [-0.39, 0.29) is 12.6 Å².